The number of halogens is 4. The van der Waals surface area contributed by atoms with E-state index in [9.17, 15) is 22.9 Å². The maximum absolute atomic E-state index is 16.2. The number of rotatable bonds is 12. The van der Waals surface area contributed by atoms with Crippen molar-refractivity contribution in [1.29, 1.82) is 0 Å². The molecule has 0 atom stereocenters. The van der Waals surface area contributed by atoms with Crippen LogP contribution in [-0.2, 0) is 47.9 Å². The minimum atomic E-state index is -4.78. The molecule has 1 aromatic heterocycles. The highest BCUT2D eigenvalue weighted by Crippen LogP contribution is 2.42. The van der Waals surface area contributed by atoms with Gasteiger partial charge in [-0.1, -0.05) is 47.5 Å². The Morgan fingerprint density at radius 1 is 0.907 bits per heavy atom. The Labute approximate surface area is 320 Å². The molecule has 5 rings (SSSR count). The number of sulfone groups is 1. The molecule has 3 N–H and O–H groups in total. The Morgan fingerprint density at radius 2 is 1.54 bits per heavy atom. The molecule has 0 aliphatic rings. The molecule has 286 valence electrons. The summed E-state index contributed by atoms with van der Waals surface area (Å²) in [7, 11) is -8.91. The number of nitrogens with zero attached hydrogens (tertiary/aromatic N) is 2. The summed E-state index contributed by atoms with van der Waals surface area (Å²) in [5.41, 5.74) is -1.82. The third-order valence-corrected chi connectivity index (χ3v) is 10.7. The molecular weight excluding hydrogens is 788 g/mol. The topological polar surface area (TPSA) is 165 Å². The zero-order valence-electron chi connectivity index (χ0n) is 29.5. The lowest BCUT2D eigenvalue weighted by molar-refractivity contribution is 0.0465. The third-order valence-electron chi connectivity index (χ3n) is 8.48. The molecule has 0 saturated heterocycles. The lowest BCUT2D eigenvalue weighted by Gasteiger charge is -2.28. The van der Waals surface area contributed by atoms with E-state index in [1.54, 1.807) is 32.0 Å². The molecule has 0 aliphatic carbocycles. The van der Waals surface area contributed by atoms with Gasteiger partial charge in [-0.05, 0) is 92.9 Å². The van der Waals surface area contributed by atoms with E-state index in [2.05, 4.69) is 9.51 Å². The highest BCUT2D eigenvalue weighted by atomic mass is 35.5. The summed E-state index contributed by atoms with van der Waals surface area (Å²) in [6, 6.07) is 16.6. The van der Waals surface area contributed by atoms with Crippen molar-refractivity contribution >= 4 is 46.8 Å². The molecule has 0 spiro atoms. The van der Waals surface area contributed by atoms with Crippen molar-refractivity contribution in [2.45, 2.75) is 56.8 Å². The van der Waals surface area contributed by atoms with Crippen LogP contribution in [0.15, 0.2) is 83.9 Å². The van der Waals surface area contributed by atoms with Gasteiger partial charge in [-0.3, -0.25) is 9.09 Å². The lowest BCUT2D eigenvalue weighted by atomic mass is 9.83. The maximum atomic E-state index is 16.2. The van der Waals surface area contributed by atoms with Crippen molar-refractivity contribution in [2.24, 2.45) is 0 Å². The van der Waals surface area contributed by atoms with Gasteiger partial charge in [0.15, 0.2) is 9.84 Å². The average Bonchev–Trinajstić information content (AvgIpc) is 3.53. The molecule has 0 bridgehead atoms. The summed E-state index contributed by atoms with van der Waals surface area (Å²) in [4.78, 5) is 34.9. The Balaban J connectivity index is 1.50. The van der Waals surface area contributed by atoms with E-state index in [4.69, 9.17) is 37.7 Å². The molecule has 0 amide bonds. The SMILES string of the molecule is CC(C)(O)c1cn(-c2ccc(-c3cc(F)c(COC(=O)c4cccc(COP(=O)(O)O)c4)c(S(C)(=O)=O)c3)cc2F)c(C(C)(C)c2c(Cl)cccc2Cl)n1. The number of ether oxygens (including phenoxy) is 1. The monoisotopic (exact) mass is 822 g/mol. The highest BCUT2D eigenvalue weighted by Gasteiger charge is 2.36. The number of aliphatic hydroxyl groups is 1. The van der Waals surface area contributed by atoms with Crippen LogP contribution in [0.2, 0.25) is 10.0 Å². The first-order chi connectivity index (χ1) is 25.0. The number of carbonyl (C=O) groups is 1. The number of imidazole rings is 1. The first-order valence-electron chi connectivity index (χ1n) is 16.0. The largest absolute Gasteiger partial charge is 0.469 e. The van der Waals surface area contributed by atoms with Gasteiger partial charge in [-0.15, -0.1) is 0 Å². The number of aromatic nitrogens is 2. The van der Waals surface area contributed by atoms with Crippen LogP contribution in [0.1, 0.15) is 66.3 Å². The molecule has 0 unspecified atom stereocenters. The summed E-state index contributed by atoms with van der Waals surface area (Å²) >= 11 is 13.1. The van der Waals surface area contributed by atoms with Crippen LogP contribution < -0.4 is 0 Å². The summed E-state index contributed by atoms with van der Waals surface area (Å²) in [6.07, 6.45) is 2.34. The van der Waals surface area contributed by atoms with Crippen LogP contribution in [0.25, 0.3) is 16.8 Å². The van der Waals surface area contributed by atoms with E-state index in [0.29, 0.717) is 21.4 Å². The number of phosphoric ester groups is 1. The van der Waals surface area contributed by atoms with Crippen molar-refractivity contribution in [2.75, 3.05) is 6.26 Å². The maximum Gasteiger partial charge on any atom is 0.469 e. The van der Waals surface area contributed by atoms with Gasteiger partial charge in [0.1, 0.15) is 29.7 Å². The normalized spacial score (nSPS) is 12.6. The Kier molecular flexibility index (Phi) is 11.7. The van der Waals surface area contributed by atoms with Gasteiger partial charge in [0.25, 0.3) is 0 Å². The van der Waals surface area contributed by atoms with Crippen LogP contribution in [0.3, 0.4) is 0 Å². The van der Waals surface area contributed by atoms with Crippen molar-refractivity contribution < 1.29 is 50.7 Å². The van der Waals surface area contributed by atoms with E-state index >= 15 is 8.78 Å². The summed E-state index contributed by atoms with van der Waals surface area (Å²) in [5.74, 6) is -2.51. The van der Waals surface area contributed by atoms with E-state index < -0.39 is 70.0 Å². The van der Waals surface area contributed by atoms with Crippen LogP contribution in [0.4, 0.5) is 8.78 Å². The molecule has 0 aliphatic heterocycles. The Hall–Kier alpha value is -3.98. The summed E-state index contributed by atoms with van der Waals surface area (Å²) < 4.78 is 79.9. The second-order valence-electron chi connectivity index (χ2n) is 13.5. The van der Waals surface area contributed by atoms with E-state index in [0.717, 1.165) is 24.5 Å². The average molecular weight is 824 g/mol. The standard InChI is InChI=1S/C37H35Cl2F2N2O9PS/c1-36(2,33-26(38)10-7-11-27(33)39)35-42-32(37(3,4)45)18-43(35)30-13-12-22(15-29(30)41)24-16-28(40)25(31(17-24)54(5,49)50)20-51-34(44)23-9-6-8-21(14-23)19-52-53(46,47)48/h6-18,45H,19-20H2,1-5H3,(H2,46,47,48). The first kappa shape index (κ1) is 41.2. The minimum Gasteiger partial charge on any atom is -0.457 e. The third kappa shape index (κ3) is 9.10. The minimum absolute atomic E-state index is 0.0115. The molecule has 4 aromatic carbocycles. The van der Waals surface area contributed by atoms with Gasteiger partial charge < -0.3 is 19.6 Å². The van der Waals surface area contributed by atoms with Crippen LogP contribution in [-0.4, -0.2) is 45.1 Å². The van der Waals surface area contributed by atoms with Crippen LogP contribution >= 0.6 is 31.0 Å². The van der Waals surface area contributed by atoms with E-state index in [1.807, 2.05) is 0 Å². The molecule has 0 fully saturated rings. The summed E-state index contributed by atoms with van der Waals surface area (Å²) in [5, 5.41) is 11.5. The van der Waals surface area contributed by atoms with E-state index in [-0.39, 0.29) is 33.6 Å². The van der Waals surface area contributed by atoms with Crippen molar-refractivity contribution in [3.05, 3.63) is 134 Å². The van der Waals surface area contributed by atoms with Gasteiger partial charge in [0.2, 0.25) is 0 Å². The van der Waals surface area contributed by atoms with Crippen molar-refractivity contribution in [3.63, 3.8) is 0 Å². The van der Waals surface area contributed by atoms with Crippen LogP contribution in [0.5, 0.6) is 0 Å². The number of hydrogen-bond acceptors (Lipinski definition) is 8. The highest BCUT2D eigenvalue weighted by molar-refractivity contribution is 7.90. The quantitative estimate of drug-likeness (QED) is 0.0828. The number of benzene rings is 4. The van der Waals surface area contributed by atoms with Crippen LogP contribution in [0, 0.1) is 11.6 Å². The fourth-order valence-electron chi connectivity index (χ4n) is 5.80. The Morgan fingerprint density at radius 3 is 2.13 bits per heavy atom. The molecule has 1 heterocycles. The van der Waals surface area contributed by atoms with Gasteiger partial charge in [-0.25, -0.2) is 31.5 Å². The molecule has 0 radical (unpaired) electrons. The predicted molar refractivity (Wildman–Crippen MR) is 198 cm³/mol. The fraction of sp³-hybridized carbons (Fsp3) is 0.243. The molecule has 0 saturated carbocycles. The first-order valence-corrected chi connectivity index (χ1v) is 20.2. The van der Waals surface area contributed by atoms with Gasteiger partial charge in [-0.2, -0.15) is 0 Å². The zero-order valence-corrected chi connectivity index (χ0v) is 32.7. The van der Waals surface area contributed by atoms with Gasteiger partial charge >= 0.3 is 13.8 Å². The number of esters is 1. The molecular formula is C37H35Cl2F2N2O9PS. The second kappa shape index (κ2) is 15.3. The molecule has 5 aromatic rings. The van der Waals surface area contributed by atoms with Gasteiger partial charge in [0, 0.05) is 33.6 Å². The number of phosphoric acid groups is 1. The van der Waals surface area contributed by atoms with Crippen molar-refractivity contribution in [3.8, 4) is 16.8 Å². The fourth-order valence-corrected chi connectivity index (χ4v) is 7.94. The zero-order chi connectivity index (χ0) is 40.0. The number of carbonyl (C=O) groups excluding carboxylic acids is 1. The smallest absolute Gasteiger partial charge is 0.457 e. The molecule has 54 heavy (non-hydrogen) atoms. The van der Waals surface area contributed by atoms with Crippen molar-refractivity contribution in [1.82, 2.24) is 9.55 Å². The molecule has 11 nitrogen and oxygen atoms in total. The lowest BCUT2D eigenvalue weighted by Crippen LogP contribution is -2.25. The summed E-state index contributed by atoms with van der Waals surface area (Å²) in [6.45, 7) is 5.36. The second-order valence-corrected chi connectivity index (χ2v) is 17.6. The Bertz CT molecular complexity index is 2410. The molecule has 17 heteroatoms. The van der Waals surface area contributed by atoms with E-state index in [1.165, 1.54) is 61.0 Å². The number of hydrogen-bond donors (Lipinski definition) is 3. The van der Waals surface area contributed by atoms with Gasteiger partial charge in [0.05, 0.1) is 33.9 Å². The predicted octanol–water partition coefficient (Wildman–Crippen LogP) is 8.05.